The van der Waals surface area contributed by atoms with Crippen molar-refractivity contribution < 1.29 is 8.42 Å². The highest BCUT2D eigenvalue weighted by Gasteiger charge is 2.27. The molecule has 15 heavy (non-hydrogen) atoms. The second-order valence-corrected chi connectivity index (χ2v) is 6.67. The first kappa shape index (κ1) is 13.3. The van der Waals surface area contributed by atoms with Crippen LogP contribution in [0.3, 0.4) is 0 Å². The first-order valence-electron chi connectivity index (χ1n) is 5.63. The van der Waals surface area contributed by atoms with Crippen molar-refractivity contribution in [3.05, 3.63) is 0 Å². The number of rotatable bonds is 5. The lowest BCUT2D eigenvalue weighted by Crippen LogP contribution is -2.40. The van der Waals surface area contributed by atoms with Crippen molar-refractivity contribution in [2.45, 2.75) is 56.7 Å². The normalized spacial score (nSPS) is 21.5. The van der Waals surface area contributed by atoms with Crippen LogP contribution in [0.5, 0.6) is 0 Å². The predicted molar refractivity (Wildman–Crippen MR) is 63.7 cm³/mol. The molecule has 0 saturated heterocycles. The number of hydrogen-bond donors (Lipinski definition) is 1. The van der Waals surface area contributed by atoms with E-state index in [-0.39, 0.29) is 11.3 Å². The quantitative estimate of drug-likeness (QED) is 0.764. The van der Waals surface area contributed by atoms with E-state index < -0.39 is 10.0 Å². The van der Waals surface area contributed by atoms with Gasteiger partial charge in [0.1, 0.15) is 0 Å². The minimum Gasteiger partial charge on any atom is -0.212 e. The Morgan fingerprint density at radius 3 is 2.47 bits per heavy atom. The van der Waals surface area contributed by atoms with Gasteiger partial charge >= 0.3 is 0 Å². The van der Waals surface area contributed by atoms with Gasteiger partial charge in [0.2, 0.25) is 10.0 Å². The zero-order valence-electron chi connectivity index (χ0n) is 9.21. The Balaban J connectivity index is 2.49. The van der Waals surface area contributed by atoms with Gasteiger partial charge in [-0.2, -0.15) is 0 Å². The van der Waals surface area contributed by atoms with Gasteiger partial charge in [0.05, 0.1) is 5.25 Å². The first-order valence-corrected chi connectivity index (χ1v) is 7.71. The molecule has 0 aromatic rings. The average molecular weight is 254 g/mol. The number of alkyl halides is 1. The third-order valence-electron chi connectivity index (χ3n) is 2.90. The maximum Gasteiger partial charge on any atom is 0.214 e. The van der Waals surface area contributed by atoms with E-state index >= 15 is 0 Å². The Morgan fingerprint density at radius 2 is 1.93 bits per heavy atom. The van der Waals surface area contributed by atoms with Gasteiger partial charge in [0.25, 0.3) is 0 Å². The molecule has 1 aliphatic carbocycles. The molecule has 90 valence electrons. The van der Waals surface area contributed by atoms with Crippen LogP contribution in [0.15, 0.2) is 0 Å². The van der Waals surface area contributed by atoms with Gasteiger partial charge in [-0.15, -0.1) is 11.6 Å². The van der Waals surface area contributed by atoms with Gasteiger partial charge in [0.15, 0.2) is 0 Å². The fourth-order valence-electron chi connectivity index (χ4n) is 1.97. The largest absolute Gasteiger partial charge is 0.214 e. The van der Waals surface area contributed by atoms with Crippen LogP contribution < -0.4 is 4.72 Å². The molecule has 1 fully saturated rings. The van der Waals surface area contributed by atoms with Gasteiger partial charge in [-0.3, -0.25) is 0 Å². The van der Waals surface area contributed by atoms with Crippen LogP contribution in [-0.4, -0.2) is 25.6 Å². The Hall–Kier alpha value is 0.200. The lowest BCUT2D eigenvalue weighted by molar-refractivity contribution is 0.471. The van der Waals surface area contributed by atoms with Crippen LogP contribution in [0.1, 0.15) is 45.4 Å². The molecule has 3 nitrogen and oxygen atoms in total. The van der Waals surface area contributed by atoms with Crippen molar-refractivity contribution in [3.63, 3.8) is 0 Å². The molecule has 0 radical (unpaired) electrons. The predicted octanol–water partition coefficient (Wildman–Crippen LogP) is 2.26. The van der Waals surface area contributed by atoms with Crippen molar-refractivity contribution in [2.24, 2.45) is 0 Å². The van der Waals surface area contributed by atoms with Crippen molar-refractivity contribution in [2.75, 3.05) is 5.88 Å². The van der Waals surface area contributed by atoms with Gasteiger partial charge in [-0.1, -0.05) is 19.3 Å². The molecular weight excluding hydrogens is 234 g/mol. The van der Waals surface area contributed by atoms with Crippen molar-refractivity contribution in [3.8, 4) is 0 Å². The summed E-state index contributed by atoms with van der Waals surface area (Å²) < 4.78 is 26.5. The third-order valence-corrected chi connectivity index (χ3v) is 5.20. The second-order valence-electron chi connectivity index (χ2n) is 4.30. The topological polar surface area (TPSA) is 46.2 Å². The van der Waals surface area contributed by atoms with E-state index in [1.54, 1.807) is 0 Å². The van der Waals surface area contributed by atoms with Crippen molar-refractivity contribution in [1.82, 2.24) is 4.72 Å². The molecule has 1 saturated carbocycles. The number of nitrogens with one attached hydrogen (secondary N) is 1. The van der Waals surface area contributed by atoms with E-state index in [9.17, 15) is 8.42 Å². The SMILES string of the molecule is CC(CCCl)NS(=O)(=O)C1CCCCC1. The van der Waals surface area contributed by atoms with Gasteiger partial charge in [0, 0.05) is 11.9 Å². The molecule has 0 spiro atoms. The molecule has 1 rings (SSSR count). The van der Waals surface area contributed by atoms with Gasteiger partial charge < -0.3 is 0 Å². The van der Waals surface area contributed by atoms with Crippen molar-refractivity contribution >= 4 is 21.6 Å². The first-order chi connectivity index (χ1) is 7.06. The Bertz CT molecular complexity index is 273. The summed E-state index contributed by atoms with van der Waals surface area (Å²) in [5.41, 5.74) is 0. The van der Waals surface area contributed by atoms with E-state index in [2.05, 4.69) is 4.72 Å². The summed E-state index contributed by atoms with van der Waals surface area (Å²) in [4.78, 5) is 0. The molecule has 0 bridgehead atoms. The number of hydrogen-bond acceptors (Lipinski definition) is 2. The van der Waals surface area contributed by atoms with Crippen LogP contribution in [0, 0.1) is 0 Å². The summed E-state index contributed by atoms with van der Waals surface area (Å²) in [7, 11) is -3.11. The van der Waals surface area contributed by atoms with E-state index in [0.717, 1.165) is 25.7 Å². The highest BCUT2D eigenvalue weighted by molar-refractivity contribution is 7.90. The molecule has 1 unspecified atom stereocenters. The van der Waals surface area contributed by atoms with E-state index in [0.29, 0.717) is 12.3 Å². The molecule has 1 atom stereocenters. The Kier molecular flexibility index (Phi) is 5.36. The van der Waals surface area contributed by atoms with E-state index in [1.165, 1.54) is 6.42 Å². The van der Waals surface area contributed by atoms with Crippen LogP contribution in [0.2, 0.25) is 0 Å². The Morgan fingerprint density at radius 1 is 1.33 bits per heavy atom. The number of halogens is 1. The van der Waals surface area contributed by atoms with Gasteiger partial charge in [-0.05, 0) is 26.2 Å². The maximum atomic E-state index is 11.9. The maximum absolute atomic E-state index is 11.9. The summed E-state index contributed by atoms with van der Waals surface area (Å²) in [6.07, 6.45) is 5.55. The molecule has 5 heteroatoms. The fourth-order valence-corrected chi connectivity index (χ4v) is 4.13. The smallest absolute Gasteiger partial charge is 0.212 e. The van der Waals surface area contributed by atoms with Crippen LogP contribution in [0.25, 0.3) is 0 Å². The monoisotopic (exact) mass is 253 g/mol. The van der Waals surface area contributed by atoms with Crippen LogP contribution in [-0.2, 0) is 10.0 Å². The Labute approximate surface area is 97.6 Å². The number of sulfonamides is 1. The van der Waals surface area contributed by atoms with Gasteiger partial charge in [-0.25, -0.2) is 13.1 Å². The van der Waals surface area contributed by atoms with E-state index in [1.807, 2.05) is 6.92 Å². The molecule has 0 aromatic carbocycles. The standard InChI is InChI=1S/C10H20ClNO2S/c1-9(7-8-11)12-15(13,14)10-5-3-2-4-6-10/h9-10,12H,2-8H2,1H3. The average Bonchev–Trinajstić information content (AvgIpc) is 2.18. The zero-order valence-corrected chi connectivity index (χ0v) is 10.8. The minimum absolute atomic E-state index is 0.0468. The second kappa shape index (κ2) is 6.06. The molecule has 0 heterocycles. The minimum atomic E-state index is -3.11. The summed E-state index contributed by atoms with van der Waals surface area (Å²) in [5, 5.41) is -0.177. The summed E-state index contributed by atoms with van der Waals surface area (Å²) >= 11 is 5.58. The van der Waals surface area contributed by atoms with Crippen LogP contribution >= 0.6 is 11.6 Å². The molecule has 0 amide bonds. The highest BCUT2D eigenvalue weighted by atomic mass is 35.5. The van der Waals surface area contributed by atoms with E-state index in [4.69, 9.17) is 11.6 Å². The highest BCUT2D eigenvalue weighted by Crippen LogP contribution is 2.23. The zero-order chi connectivity index (χ0) is 11.3. The molecule has 0 aromatic heterocycles. The fraction of sp³-hybridized carbons (Fsp3) is 1.00. The molecular formula is C10H20ClNO2S. The van der Waals surface area contributed by atoms with Crippen LogP contribution in [0.4, 0.5) is 0 Å². The van der Waals surface area contributed by atoms with Crippen molar-refractivity contribution in [1.29, 1.82) is 0 Å². The summed E-state index contributed by atoms with van der Waals surface area (Å²) in [6.45, 7) is 1.86. The lowest BCUT2D eigenvalue weighted by Gasteiger charge is -2.24. The summed E-state index contributed by atoms with van der Waals surface area (Å²) in [6, 6.07) is -0.0468. The lowest BCUT2D eigenvalue weighted by atomic mass is 10.0. The third kappa shape index (κ3) is 4.29. The molecule has 1 N–H and O–H groups in total. The molecule has 1 aliphatic rings. The molecule has 0 aliphatic heterocycles. The summed E-state index contributed by atoms with van der Waals surface area (Å²) in [5.74, 6) is 0.494.